The molecule has 0 radical (unpaired) electrons. The fourth-order valence-electron chi connectivity index (χ4n) is 3.34. The molecular weight excluding hydrogens is 300 g/mol. The van der Waals surface area contributed by atoms with Gasteiger partial charge in [0.1, 0.15) is 17.4 Å². The van der Waals surface area contributed by atoms with Crippen LogP contribution in [0.15, 0.2) is 24.3 Å². The first-order valence-electron chi connectivity index (χ1n) is 7.88. The molecule has 5 heteroatoms. The Balaban J connectivity index is 1.57. The third-order valence-electron chi connectivity index (χ3n) is 4.67. The number of hydrogen-bond acceptors (Lipinski definition) is 4. The van der Waals surface area contributed by atoms with Gasteiger partial charge < -0.3 is 9.47 Å². The van der Waals surface area contributed by atoms with Gasteiger partial charge in [0, 0.05) is 44.2 Å². The van der Waals surface area contributed by atoms with Crippen LogP contribution < -0.4 is 4.74 Å². The second-order valence-electron chi connectivity index (χ2n) is 6.02. The fourth-order valence-corrected chi connectivity index (χ4v) is 3.52. The van der Waals surface area contributed by atoms with Gasteiger partial charge in [0.2, 0.25) is 0 Å². The standard InChI is InChI=1S/C17H21ClN2O2/c18-14-2-1-3-16(12-14)22-15-4-8-20(9-5-15)17(13-19)6-10-21-11-7-17/h1-3,12,15H,4-11H2. The summed E-state index contributed by atoms with van der Waals surface area (Å²) >= 11 is 5.99. The maximum absolute atomic E-state index is 9.63. The van der Waals surface area contributed by atoms with E-state index < -0.39 is 0 Å². The SMILES string of the molecule is N#CC1(N2CCC(Oc3cccc(Cl)c3)CC2)CCOCC1. The van der Waals surface area contributed by atoms with Crippen LogP contribution in [0.3, 0.4) is 0 Å². The average molecular weight is 321 g/mol. The van der Waals surface area contributed by atoms with Crippen molar-refractivity contribution in [2.75, 3.05) is 26.3 Å². The molecule has 3 rings (SSSR count). The van der Waals surface area contributed by atoms with Crippen molar-refractivity contribution in [1.82, 2.24) is 4.90 Å². The van der Waals surface area contributed by atoms with E-state index in [-0.39, 0.29) is 11.6 Å². The molecular formula is C17H21ClN2O2. The maximum atomic E-state index is 9.63. The van der Waals surface area contributed by atoms with Crippen LogP contribution >= 0.6 is 11.6 Å². The van der Waals surface area contributed by atoms with E-state index in [0.717, 1.165) is 44.5 Å². The van der Waals surface area contributed by atoms with Gasteiger partial charge in [-0.05, 0) is 31.0 Å². The van der Waals surface area contributed by atoms with Gasteiger partial charge in [0.05, 0.1) is 6.07 Å². The van der Waals surface area contributed by atoms with Crippen molar-refractivity contribution in [3.05, 3.63) is 29.3 Å². The first kappa shape index (κ1) is 15.6. The summed E-state index contributed by atoms with van der Waals surface area (Å²) in [5, 5.41) is 10.3. The Morgan fingerprint density at radius 2 is 2.00 bits per heavy atom. The number of piperidine rings is 1. The lowest BCUT2D eigenvalue weighted by Gasteiger charge is -2.44. The molecule has 22 heavy (non-hydrogen) atoms. The molecule has 2 heterocycles. The fraction of sp³-hybridized carbons (Fsp3) is 0.588. The molecule has 2 aliphatic rings. The number of rotatable bonds is 3. The number of ether oxygens (including phenoxy) is 2. The van der Waals surface area contributed by atoms with E-state index in [1.807, 2.05) is 24.3 Å². The molecule has 0 aliphatic carbocycles. The van der Waals surface area contributed by atoms with Crippen LogP contribution in [0, 0.1) is 11.3 Å². The Labute approximate surface area is 136 Å². The smallest absolute Gasteiger partial charge is 0.121 e. The molecule has 2 aliphatic heterocycles. The minimum absolute atomic E-state index is 0.199. The van der Waals surface area contributed by atoms with E-state index in [2.05, 4.69) is 11.0 Å². The summed E-state index contributed by atoms with van der Waals surface area (Å²) in [7, 11) is 0. The summed E-state index contributed by atoms with van der Waals surface area (Å²) in [5.41, 5.74) is -0.334. The third-order valence-corrected chi connectivity index (χ3v) is 4.91. The number of nitrogens with zero attached hydrogens (tertiary/aromatic N) is 2. The zero-order valence-corrected chi connectivity index (χ0v) is 13.4. The second-order valence-corrected chi connectivity index (χ2v) is 6.45. The van der Waals surface area contributed by atoms with E-state index in [1.165, 1.54) is 0 Å². The predicted octanol–water partition coefficient (Wildman–Crippen LogP) is 3.26. The molecule has 1 aromatic rings. The first-order valence-corrected chi connectivity index (χ1v) is 8.26. The molecule has 0 saturated carbocycles. The van der Waals surface area contributed by atoms with Crippen molar-refractivity contribution in [1.29, 1.82) is 5.26 Å². The Kier molecular flexibility index (Phi) is 4.87. The van der Waals surface area contributed by atoms with E-state index in [4.69, 9.17) is 21.1 Å². The molecule has 0 aromatic heterocycles. The Morgan fingerprint density at radius 1 is 1.27 bits per heavy atom. The Bertz CT molecular complexity index is 544. The summed E-state index contributed by atoms with van der Waals surface area (Å²) in [4.78, 5) is 2.33. The van der Waals surface area contributed by atoms with Crippen molar-refractivity contribution in [3.63, 3.8) is 0 Å². The highest BCUT2D eigenvalue weighted by Crippen LogP contribution is 2.31. The van der Waals surface area contributed by atoms with E-state index in [9.17, 15) is 5.26 Å². The van der Waals surface area contributed by atoms with Crippen molar-refractivity contribution in [3.8, 4) is 11.8 Å². The quantitative estimate of drug-likeness (QED) is 0.857. The highest BCUT2D eigenvalue weighted by molar-refractivity contribution is 6.30. The summed E-state index contributed by atoms with van der Waals surface area (Å²) in [6.07, 6.45) is 3.70. The molecule has 118 valence electrons. The van der Waals surface area contributed by atoms with E-state index >= 15 is 0 Å². The largest absolute Gasteiger partial charge is 0.490 e. The van der Waals surface area contributed by atoms with Gasteiger partial charge in [-0.15, -0.1) is 0 Å². The van der Waals surface area contributed by atoms with E-state index in [1.54, 1.807) is 0 Å². The Hall–Kier alpha value is -1.28. The van der Waals surface area contributed by atoms with Gasteiger partial charge in [-0.25, -0.2) is 0 Å². The number of likely N-dealkylation sites (tertiary alicyclic amines) is 1. The predicted molar refractivity (Wildman–Crippen MR) is 85.1 cm³/mol. The number of hydrogen-bond donors (Lipinski definition) is 0. The monoisotopic (exact) mass is 320 g/mol. The third kappa shape index (κ3) is 3.38. The summed E-state index contributed by atoms with van der Waals surface area (Å²) in [6.45, 7) is 3.18. The number of nitriles is 1. The van der Waals surface area contributed by atoms with Crippen molar-refractivity contribution in [2.24, 2.45) is 0 Å². The molecule has 0 N–H and O–H groups in total. The summed E-state index contributed by atoms with van der Waals surface area (Å²) in [6, 6.07) is 10.1. The molecule has 2 saturated heterocycles. The van der Waals surface area contributed by atoms with Crippen LogP contribution in [-0.2, 0) is 4.74 Å². The van der Waals surface area contributed by atoms with Crippen LogP contribution in [0.2, 0.25) is 5.02 Å². The molecule has 2 fully saturated rings. The Morgan fingerprint density at radius 3 is 2.64 bits per heavy atom. The minimum atomic E-state index is -0.334. The first-order chi connectivity index (χ1) is 10.7. The average Bonchev–Trinajstić information content (AvgIpc) is 2.56. The van der Waals surface area contributed by atoms with Crippen LogP contribution in [0.5, 0.6) is 5.75 Å². The highest BCUT2D eigenvalue weighted by atomic mass is 35.5. The van der Waals surface area contributed by atoms with Crippen molar-refractivity contribution in [2.45, 2.75) is 37.3 Å². The van der Waals surface area contributed by atoms with Crippen LogP contribution in [0.1, 0.15) is 25.7 Å². The van der Waals surface area contributed by atoms with Gasteiger partial charge in [0.15, 0.2) is 0 Å². The van der Waals surface area contributed by atoms with Crippen molar-refractivity contribution >= 4 is 11.6 Å². The van der Waals surface area contributed by atoms with Gasteiger partial charge in [-0.1, -0.05) is 17.7 Å². The lowest BCUT2D eigenvalue weighted by Crippen LogP contribution is -2.55. The molecule has 4 nitrogen and oxygen atoms in total. The summed E-state index contributed by atoms with van der Waals surface area (Å²) in [5.74, 6) is 0.826. The summed E-state index contributed by atoms with van der Waals surface area (Å²) < 4.78 is 11.4. The van der Waals surface area contributed by atoms with Crippen LogP contribution in [-0.4, -0.2) is 42.8 Å². The molecule has 1 aromatic carbocycles. The lowest BCUT2D eigenvalue weighted by atomic mass is 9.87. The normalized spacial score (nSPS) is 22.9. The zero-order valence-electron chi connectivity index (χ0n) is 12.6. The highest BCUT2D eigenvalue weighted by Gasteiger charge is 2.40. The van der Waals surface area contributed by atoms with Crippen LogP contribution in [0.4, 0.5) is 0 Å². The van der Waals surface area contributed by atoms with Crippen LogP contribution in [0.25, 0.3) is 0 Å². The molecule has 0 amide bonds. The molecule has 0 atom stereocenters. The maximum Gasteiger partial charge on any atom is 0.121 e. The minimum Gasteiger partial charge on any atom is -0.490 e. The second kappa shape index (κ2) is 6.87. The molecule has 0 unspecified atom stereocenters. The molecule has 0 bridgehead atoms. The molecule has 0 spiro atoms. The van der Waals surface area contributed by atoms with Gasteiger partial charge >= 0.3 is 0 Å². The van der Waals surface area contributed by atoms with Gasteiger partial charge in [-0.2, -0.15) is 5.26 Å². The van der Waals surface area contributed by atoms with Crippen molar-refractivity contribution < 1.29 is 9.47 Å². The van der Waals surface area contributed by atoms with Gasteiger partial charge in [0.25, 0.3) is 0 Å². The lowest BCUT2D eigenvalue weighted by molar-refractivity contribution is -0.0215. The van der Waals surface area contributed by atoms with Gasteiger partial charge in [-0.3, -0.25) is 4.90 Å². The topological polar surface area (TPSA) is 45.5 Å². The number of halogens is 1. The number of benzene rings is 1. The van der Waals surface area contributed by atoms with E-state index in [0.29, 0.717) is 18.2 Å². The zero-order chi connectivity index (χ0) is 15.4.